The van der Waals surface area contributed by atoms with Gasteiger partial charge in [0.25, 0.3) is 0 Å². The number of methoxy groups -OCH3 is 1. The molecule has 4 atom stereocenters. The van der Waals surface area contributed by atoms with Crippen molar-refractivity contribution in [2.75, 3.05) is 33.4 Å². The summed E-state index contributed by atoms with van der Waals surface area (Å²) >= 11 is 0. The SMILES string of the molecule is COCCn1cnnc1CCNC(=O)[C@H]1[C@@H]2CNC[C@@H](C2)[C@@H]2CCCC(=O)N21. The van der Waals surface area contributed by atoms with E-state index in [1.165, 1.54) is 0 Å². The third-order valence-corrected chi connectivity index (χ3v) is 6.39. The Morgan fingerprint density at radius 1 is 1.39 bits per heavy atom. The summed E-state index contributed by atoms with van der Waals surface area (Å²) in [7, 11) is 1.66. The highest BCUT2D eigenvalue weighted by Gasteiger charge is 2.50. The lowest BCUT2D eigenvalue weighted by molar-refractivity contribution is -0.157. The van der Waals surface area contributed by atoms with Crippen molar-refractivity contribution >= 4 is 11.8 Å². The maximum Gasteiger partial charge on any atom is 0.243 e. The van der Waals surface area contributed by atoms with Gasteiger partial charge in [-0.15, -0.1) is 10.2 Å². The molecular weight excluding hydrogens is 360 g/mol. The first-order chi connectivity index (χ1) is 13.7. The molecule has 3 saturated heterocycles. The minimum atomic E-state index is -0.354. The number of nitrogens with zero attached hydrogens (tertiary/aromatic N) is 4. The van der Waals surface area contributed by atoms with Crippen molar-refractivity contribution < 1.29 is 14.3 Å². The summed E-state index contributed by atoms with van der Waals surface area (Å²) in [6, 6.07) is -0.147. The molecule has 28 heavy (non-hydrogen) atoms. The van der Waals surface area contributed by atoms with Crippen LogP contribution in [0.25, 0.3) is 0 Å². The van der Waals surface area contributed by atoms with Crippen molar-refractivity contribution in [2.45, 2.75) is 50.7 Å². The van der Waals surface area contributed by atoms with Gasteiger partial charge in [-0.2, -0.15) is 0 Å². The summed E-state index contributed by atoms with van der Waals surface area (Å²) in [5, 5.41) is 14.6. The first-order valence-corrected chi connectivity index (χ1v) is 10.3. The van der Waals surface area contributed by atoms with E-state index in [1.54, 1.807) is 13.4 Å². The monoisotopic (exact) mass is 390 g/mol. The number of amides is 2. The van der Waals surface area contributed by atoms with Crippen LogP contribution in [0.15, 0.2) is 6.33 Å². The second-order valence-electron chi connectivity index (χ2n) is 8.09. The molecule has 4 rings (SSSR count). The number of fused-ring (bicyclic) bond motifs is 4. The zero-order chi connectivity index (χ0) is 19.5. The van der Waals surface area contributed by atoms with Gasteiger partial charge >= 0.3 is 0 Å². The van der Waals surface area contributed by atoms with E-state index in [2.05, 4.69) is 20.8 Å². The van der Waals surface area contributed by atoms with E-state index in [1.807, 2.05) is 9.47 Å². The maximum absolute atomic E-state index is 13.1. The molecule has 9 heteroatoms. The second-order valence-corrected chi connectivity index (χ2v) is 8.09. The Balaban J connectivity index is 1.39. The number of carbonyl (C=O) groups excluding carboxylic acids is 2. The van der Waals surface area contributed by atoms with E-state index in [-0.39, 0.29) is 29.8 Å². The zero-order valence-electron chi connectivity index (χ0n) is 16.5. The highest BCUT2D eigenvalue weighted by atomic mass is 16.5. The summed E-state index contributed by atoms with van der Waals surface area (Å²) in [5.41, 5.74) is 0. The van der Waals surface area contributed by atoms with Gasteiger partial charge in [0.15, 0.2) is 0 Å². The Morgan fingerprint density at radius 3 is 3.11 bits per heavy atom. The molecule has 1 aromatic rings. The number of rotatable bonds is 7. The lowest BCUT2D eigenvalue weighted by atomic mass is 9.72. The fourth-order valence-electron chi connectivity index (χ4n) is 5.10. The quantitative estimate of drug-likeness (QED) is 0.655. The van der Waals surface area contributed by atoms with Crippen LogP contribution in [0.1, 0.15) is 31.5 Å². The predicted octanol–water partition coefficient (Wildman–Crippen LogP) is -0.428. The number of ether oxygens (including phenoxy) is 1. The molecule has 0 saturated carbocycles. The summed E-state index contributed by atoms with van der Waals surface area (Å²) in [6.07, 6.45) is 5.83. The van der Waals surface area contributed by atoms with Crippen molar-refractivity contribution in [3.05, 3.63) is 12.2 Å². The number of carbonyl (C=O) groups is 2. The third kappa shape index (κ3) is 3.77. The first kappa shape index (κ1) is 19.3. The summed E-state index contributed by atoms with van der Waals surface area (Å²) in [5.74, 6) is 1.61. The molecule has 3 aliphatic heterocycles. The normalized spacial score (nSPS) is 29.5. The van der Waals surface area contributed by atoms with E-state index >= 15 is 0 Å². The molecule has 2 amide bonds. The van der Waals surface area contributed by atoms with Gasteiger partial charge in [-0.3, -0.25) is 9.59 Å². The molecule has 9 nitrogen and oxygen atoms in total. The van der Waals surface area contributed by atoms with Gasteiger partial charge < -0.3 is 24.8 Å². The molecule has 154 valence electrons. The first-order valence-electron chi connectivity index (χ1n) is 10.3. The van der Waals surface area contributed by atoms with Gasteiger partial charge in [-0.25, -0.2) is 0 Å². The number of nitrogens with one attached hydrogen (secondary N) is 2. The van der Waals surface area contributed by atoms with Gasteiger partial charge in [0.05, 0.1) is 6.61 Å². The molecule has 2 N–H and O–H groups in total. The van der Waals surface area contributed by atoms with Crippen molar-refractivity contribution in [3.63, 3.8) is 0 Å². The Morgan fingerprint density at radius 2 is 2.25 bits per heavy atom. The fraction of sp³-hybridized carbons (Fsp3) is 0.789. The van der Waals surface area contributed by atoms with Crippen molar-refractivity contribution in [1.29, 1.82) is 0 Å². The standard InChI is InChI=1S/C19H30N6O3/c1-28-8-7-24-12-22-23-16(24)5-6-21-19(27)18-14-9-13(10-20-11-14)15-3-2-4-17(26)25(15)18/h12-15,18,20H,2-11H2,1H3,(H,21,27)/t13-,14+,15+,18-/m1/s1. The van der Waals surface area contributed by atoms with E-state index in [0.717, 1.165) is 38.2 Å². The van der Waals surface area contributed by atoms with Crippen LogP contribution >= 0.6 is 0 Å². The van der Waals surface area contributed by atoms with Crippen LogP contribution in [0, 0.1) is 11.8 Å². The van der Waals surface area contributed by atoms with Crippen LogP contribution in [0.2, 0.25) is 0 Å². The largest absolute Gasteiger partial charge is 0.383 e. The molecule has 0 spiro atoms. The van der Waals surface area contributed by atoms with Crippen molar-refractivity contribution in [2.24, 2.45) is 11.8 Å². The molecule has 0 unspecified atom stereocenters. The Bertz CT molecular complexity index is 708. The van der Waals surface area contributed by atoms with Gasteiger partial charge in [-0.05, 0) is 31.7 Å². The van der Waals surface area contributed by atoms with E-state index in [9.17, 15) is 9.59 Å². The molecule has 3 aliphatic rings. The number of aromatic nitrogens is 3. The smallest absolute Gasteiger partial charge is 0.243 e. The van der Waals surface area contributed by atoms with Gasteiger partial charge in [0.1, 0.15) is 18.2 Å². The highest BCUT2D eigenvalue weighted by molar-refractivity contribution is 5.89. The Kier molecular flexibility index (Phi) is 5.91. The minimum Gasteiger partial charge on any atom is -0.383 e. The molecule has 4 heterocycles. The number of piperidine rings is 3. The van der Waals surface area contributed by atoms with Crippen molar-refractivity contribution in [1.82, 2.24) is 30.3 Å². The van der Waals surface area contributed by atoms with E-state index < -0.39 is 0 Å². The third-order valence-electron chi connectivity index (χ3n) is 6.39. The minimum absolute atomic E-state index is 0.0321. The average Bonchev–Trinajstić information content (AvgIpc) is 3.15. The predicted molar refractivity (Wildman–Crippen MR) is 101 cm³/mol. The van der Waals surface area contributed by atoms with E-state index in [4.69, 9.17) is 4.74 Å². The van der Waals surface area contributed by atoms with Crippen LogP contribution in [-0.4, -0.2) is 76.9 Å². The lowest BCUT2D eigenvalue weighted by Gasteiger charge is -2.53. The van der Waals surface area contributed by atoms with Crippen LogP contribution in [-0.2, 0) is 27.3 Å². The molecular formula is C19H30N6O3. The second kappa shape index (κ2) is 8.57. The Labute approximate surface area is 165 Å². The average molecular weight is 390 g/mol. The molecule has 1 aromatic heterocycles. The van der Waals surface area contributed by atoms with Crippen LogP contribution in [0.3, 0.4) is 0 Å². The number of hydrogen-bond donors (Lipinski definition) is 2. The Hall–Kier alpha value is -2.00. The van der Waals surface area contributed by atoms with E-state index in [0.29, 0.717) is 38.5 Å². The van der Waals surface area contributed by atoms with Gasteiger partial charge in [0, 0.05) is 51.5 Å². The highest BCUT2D eigenvalue weighted by Crippen LogP contribution is 2.39. The zero-order valence-corrected chi connectivity index (χ0v) is 16.5. The molecule has 3 fully saturated rings. The molecule has 2 bridgehead atoms. The van der Waals surface area contributed by atoms with Crippen LogP contribution in [0.4, 0.5) is 0 Å². The molecule has 0 aromatic carbocycles. The lowest BCUT2D eigenvalue weighted by Crippen LogP contribution is -2.68. The summed E-state index contributed by atoms with van der Waals surface area (Å²) in [4.78, 5) is 27.7. The number of hydrogen-bond acceptors (Lipinski definition) is 6. The van der Waals surface area contributed by atoms with Gasteiger partial charge in [0.2, 0.25) is 11.8 Å². The fourth-order valence-corrected chi connectivity index (χ4v) is 5.10. The van der Waals surface area contributed by atoms with Crippen LogP contribution < -0.4 is 10.6 Å². The molecule has 0 aliphatic carbocycles. The maximum atomic E-state index is 13.1. The summed E-state index contributed by atoms with van der Waals surface area (Å²) in [6.45, 7) is 3.52. The van der Waals surface area contributed by atoms with Crippen LogP contribution in [0.5, 0.6) is 0 Å². The topological polar surface area (TPSA) is 101 Å². The molecule has 0 radical (unpaired) electrons. The summed E-state index contributed by atoms with van der Waals surface area (Å²) < 4.78 is 7.04. The van der Waals surface area contributed by atoms with Crippen molar-refractivity contribution in [3.8, 4) is 0 Å². The van der Waals surface area contributed by atoms with Gasteiger partial charge in [-0.1, -0.05) is 0 Å².